The van der Waals surface area contributed by atoms with Crippen LogP contribution in [0.2, 0.25) is 5.15 Å². The van der Waals surface area contributed by atoms with Crippen LogP contribution in [0.25, 0.3) is 0 Å². The topological polar surface area (TPSA) is 62.3 Å². The SMILES string of the molecule is O=S(=O)(NC1CCN2CCCC12)c1ccnc(Cl)c1. The number of pyridine rings is 1. The van der Waals surface area contributed by atoms with Gasteiger partial charge in [-0.1, -0.05) is 11.6 Å². The molecular weight excluding hydrogens is 286 g/mol. The summed E-state index contributed by atoms with van der Waals surface area (Å²) in [5.74, 6) is 0. The third-order valence-electron chi connectivity index (χ3n) is 3.92. The first-order valence-corrected chi connectivity index (χ1v) is 8.30. The molecule has 0 radical (unpaired) electrons. The van der Waals surface area contributed by atoms with Crippen molar-refractivity contribution in [3.8, 4) is 0 Å². The molecule has 0 amide bonds. The van der Waals surface area contributed by atoms with Crippen LogP contribution >= 0.6 is 11.6 Å². The van der Waals surface area contributed by atoms with Crippen molar-refractivity contribution >= 4 is 21.6 Å². The van der Waals surface area contributed by atoms with E-state index in [4.69, 9.17) is 11.6 Å². The van der Waals surface area contributed by atoms with E-state index in [1.807, 2.05) is 0 Å². The van der Waals surface area contributed by atoms with Gasteiger partial charge in [-0.2, -0.15) is 0 Å². The summed E-state index contributed by atoms with van der Waals surface area (Å²) in [5, 5.41) is 0.191. The van der Waals surface area contributed by atoms with Gasteiger partial charge in [-0.05, 0) is 37.9 Å². The molecule has 2 aliphatic heterocycles. The molecular formula is C12H16ClN3O2S. The highest BCUT2D eigenvalue weighted by Gasteiger charge is 2.39. The van der Waals surface area contributed by atoms with Gasteiger partial charge < -0.3 is 0 Å². The molecule has 1 aromatic rings. The van der Waals surface area contributed by atoms with E-state index >= 15 is 0 Å². The minimum Gasteiger partial charge on any atom is -0.299 e. The first-order chi connectivity index (χ1) is 9.06. The van der Waals surface area contributed by atoms with Crippen molar-refractivity contribution in [3.63, 3.8) is 0 Å². The lowest BCUT2D eigenvalue weighted by atomic mass is 10.1. The van der Waals surface area contributed by atoms with Crippen LogP contribution in [0.1, 0.15) is 19.3 Å². The molecule has 0 aliphatic carbocycles. The molecule has 0 saturated carbocycles. The Labute approximate surface area is 118 Å². The van der Waals surface area contributed by atoms with Gasteiger partial charge in [0.1, 0.15) is 5.15 Å². The predicted molar refractivity (Wildman–Crippen MR) is 72.6 cm³/mol. The van der Waals surface area contributed by atoms with Crippen molar-refractivity contribution in [2.45, 2.75) is 36.2 Å². The lowest BCUT2D eigenvalue weighted by molar-refractivity contribution is 0.309. The Balaban J connectivity index is 1.79. The Morgan fingerprint density at radius 3 is 3.00 bits per heavy atom. The Kier molecular flexibility index (Phi) is 3.51. The molecule has 3 rings (SSSR count). The lowest BCUT2D eigenvalue weighted by Crippen LogP contribution is -2.42. The van der Waals surface area contributed by atoms with E-state index in [1.165, 1.54) is 18.3 Å². The highest BCUT2D eigenvalue weighted by molar-refractivity contribution is 7.89. The number of rotatable bonds is 3. The van der Waals surface area contributed by atoms with Crippen molar-refractivity contribution in [3.05, 3.63) is 23.5 Å². The van der Waals surface area contributed by atoms with Gasteiger partial charge in [0.15, 0.2) is 0 Å². The first kappa shape index (κ1) is 13.3. The summed E-state index contributed by atoms with van der Waals surface area (Å²) in [4.78, 5) is 6.36. The van der Waals surface area contributed by atoms with Crippen LogP contribution in [-0.4, -0.2) is 43.5 Å². The average molecular weight is 302 g/mol. The Morgan fingerprint density at radius 2 is 2.21 bits per heavy atom. The Bertz CT molecular complexity index is 578. The van der Waals surface area contributed by atoms with Gasteiger partial charge in [0.05, 0.1) is 4.90 Å². The number of hydrogen-bond acceptors (Lipinski definition) is 4. The second-order valence-corrected chi connectivity index (χ2v) is 7.18. The largest absolute Gasteiger partial charge is 0.299 e. The average Bonchev–Trinajstić information content (AvgIpc) is 2.94. The molecule has 1 N–H and O–H groups in total. The van der Waals surface area contributed by atoms with E-state index in [0.29, 0.717) is 6.04 Å². The van der Waals surface area contributed by atoms with Crippen molar-refractivity contribution in [2.75, 3.05) is 13.1 Å². The third kappa shape index (κ3) is 2.63. The summed E-state index contributed by atoms with van der Waals surface area (Å²) in [5.41, 5.74) is 0. The molecule has 2 aliphatic rings. The fraction of sp³-hybridized carbons (Fsp3) is 0.583. The van der Waals surface area contributed by atoms with Crippen LogP contribution in [-0.2, 0) is 10.0 Å². The van der Waals surface area contributed by atoms with Crippen molar-refractivity contribution < 1.29 is 8.42 Å². The van der Waals surface area contributed by atoms with E-state index < -0.39 is 10.0 Å². The minimum atomic E-state index is -3.51. The minimum absolute atomic E-state index is 0.0134. The Hall–Kier alpha value is -0.690. The molecule has 2 atom stereocenters. The van der Waals surface area contributed by atoms with Crippen LogP contribution in [0, 0.1) is 0 Å². The Morgan fingerprint density at radius 1 is 1.37 bits per heavy atom. The van der Waals surface area contributed by atoms with Gasteiger partial charge in [-0.25, -0.2) is 18.1 Å². The standard InChI is InChI=1S/C12H16ClN3O2S/c13-12-8-9(3-5-14-12)19(17,18)15-10-4-7-16-6-1-2-11(10)16/h3,5,8,10-11,15H,1-2,4,6-7H2. The number of fused-ring (bicyclic) bond motifs is 1. The van der Waals surface area contributed by atoms with Crippen molar-refractivity contribution in [1.29, 1.82) is 0 Å². The zero-order chi connectivity index (χ0) is 13.5. The summed E-state index contributed by atoms with van der Waals surface area (Å²) in [6, 6.07) is 3.22. The first-order valence-electron chi connectivity index (χ1n) is 6.44. The maximum atomic E-state index is 12.3. The van der Waals surface area contributed by atoms with Crippen molar-refractivity contribution in [2.24, 2.45) is 0 Å². The molecule has 19 heavy (non-hydrogen) atoms. The number of hydrogen-bond donors (Lipinski definition) is 1. The van der Waals surface area contributed by atoms with Crippen LogP contribution in [0.3, 0.4) is 0 Å². The molecule has 2 fully saturated rings. The zero-order valence-corrected chi connectivity index (χ0v) is 12.0. The smallest absolute Gasteiger partial charge is 0.241 e. The molecule has 0 bridgehead atoms. The van der Waals surface area contributed by atoms with E-state index in [1.54, 1.807) is 0 Å². The fourth-order valence-electron chi connectivity index (χ4n) is 3.04. The number of nitrogens with zero attached hydrogens (tertiary/aromatic N) is 2. The third-order valence-corrected chi connectivity index (χ3v) is 5.62. The van der Waals surface area contributed by atoms with Crippen molar-refractivity contribution in [1.82, 2.24) is 14.6 Å². The highest BCUT2D eigenvalue weighted by Crippen LogP contribution is 2.29. The lowest BCUT2D eigenvalue weighted by Gasteiger charge is -2.21. The quantitative estimate of drug-likeness (QED) is 0.854. The van der Waals surface area contributed by atoms with Crippen LogP contribution < -0.4 is 4.72 Å². The maximum Gasteiger partial charge on any atom is 0.241 e. The van der Waals surface area contributed by atoms with Gasteiger partial charge >= 0.3 is 0 Å². The molecule has 2 unspecified atom stereocenters. The van der Waals surface area contributed by atoms with Gasteiger partial charge in [-0.15, -0.1) is 0 Å². The molecule has 0 aromatic carbocycles. The molecule has 1 aromatic heterocycles. The summed E-state index contributed by atoms with van der Waals surface area (Å²) >= 11 is 5.75. The van der Waals surface area contributed by atoms with Crippen LogP contribution in [0.5, 0.6) is 0 Å². The molecule has 104 valence electrons. The second kappa shape index (κ2) is 5.01. The van der Waals surface area contributed by atoms with E-state index in [0.717, 1.165) is 32.4 Å². The van der Waals surface area contributed by atoms with Gasteiger partial charge in [-0.3, -0.25) is 4.90 Å². The summed E-state index contributed by atoms with van der Waals surface area (Å²) in [7, 11) is -3.51. The molecule has 2 saturated heterocycles. The summed E-state index contributed by atoms with van der Waals surface area (Å²) in [6.45, 7) is 2.07. The number of aromatic nitrogens is 1. The van der Waals surface area contributed by atoms with E-state index in [2.05, 4.69) is 14.6 Å². The summed E-state index contributed by atoms with van der Waals surface area (Å²) < 4.78 is 27.4. The number of halogens is 1. The normalized spacial score (nSPS) is 27.6. The van der Waals surface area contributed by atoms with E-state index in [-0.39, 0.29) is 16.1 Å². The van der Waals surface area contributed by atoms with Gasteiger partial charge in [0, 0.05) is 24.8 Å². The monoisotopic (exact) mass is 301 g/mol. The number of nitrogens with one attached hydrogen (secondary N) is 1. The van der Waals surface area contributed by atoms with Gasteiger partial charge in [0.25, 0.3) is 0 Å². The van der Waals surface area contributed by atoms with Gasteiger partial charge in [0.2, 0.25) is 10.0 Å². The zero-order valence-electron chi connectivity index (χ0n) is 10.4. The fourth-order valence-corrected chi connectivity index (χ4v) is 4.59. The maximum absolute atomic E-state index is 12.3. The number of sulfonamides is 1. The second-order valence-electron chi connectivity index (χ2n) is 5.08. The summed E-state index contributed by atoms with van der Waals surface area (Å²) in [6.07, 6.45) is 4.52. The molecule has 5 nitrogen and oxygen atoms in total. The van der Waals surface area contributed by atoms with Crippen LogP contribution in [0.15, 0.2) is 23.2 Å². The highest BCUT2D eigenvalue weighted by atomic mass is 35.5. The molecule has 7 heteroatoms. The van der Waals surface area contributed by atoms with Crippen LogP contribution in [0.4, 0.5) is 0 Å². The molecule has 3 heterocycles. The molecule has 0 spiro atoms. The predicted octanol–water partition coefficient (Wildman–Crippen LogP) is 1.25. The van der Waals surface area contributed by atoms with E-state index in [9.17, 15) is 8.42 Å².